The van der Waals surface area contributed by atoms with Crippen molar-refractivity contribution in [1.29, 1.82) is 10.5 Å². The van der Waals surface area contributed by atoms with E-state index >= 15 is 0 Å². The van der Waals surface area contributed by atoms with Gasteiger partial charge in [0.2, 0.25) is 5.96 Å². The number of guanidine groups is 1. The Morgan fingerprint density at radius 1 is 1.26 bits per heavy atom. The molecule has 2 aromatic rings. The molecular weight excluding hydrogens is 396 g/mol. The molecule has 2 unspecified atom stereocenters. The summed E-state index contributed by atoms with van der Waals surface area (Å²) in [5, 5.41) is 23.8. The van der Waals surface area contributed by atoms with Gasteiger partial charge in [0.1, 0.15) is 29.3 Å². The zero-order chi connectivity index (χ0) is 21.8. The second-order valence-electron chi connectivity index (χ2n) is 7.29. The lowest BCUT2D eigenvalue weighted by Gasteiger charge is -2.26. The van der Waals surface area contributed by atoms with Crippen LogP contribution >= 0.6 is 0 Å². The molecule has 0 amide bonds. The average Bonchev–Trinajstić information content (AvgIpc) is 3.28. The van der Waals surface area contributed by atoms with E-state index < -0.39 is 6.04 Å². The molecule has 1 fully saturated rings. The molecule has 2 aliphatic rings. The summed E-state index contributed by atoms with van der Waals surface area (Å²) in [4.78, 5) is 8.80. The molecule has 0 aliphatic carbocycles. The van der Waals surface area contributed by atoms with Crippen LogP contribution in [0.2, 0.25) is 0 Å². The van der Waals surface area contributed by atoms with Crippen LogP contribution in [0.1, 0.15) is 41.1 Å². The third-order valence-corrected chi connectivity index (χ3v) is 5.25. The van der Waals surface area contributed by atoms with E-state index in [0.717, 1.165) is 30.6 Å². The molecule has 4 rings (SSSR count). The van der Waals surface area contributed by atoms with E-state index in [-0.39, 0.29) is 29.1 Å². The number of nitrogens with zero attached hydrogens (tertiary/aromatic N) is 4. The molecule has 0 saturated carbocycles. The highest BCUT2D eigenvalue weighted by Crippen LogP contribution is 2.40. The smallest absolute Gasteiger partial charge is 0.211 e. The highest BCUT2D eigenvalue weighted by atomic mass is 16.5. The van der Waals surface area contributed by atoms with E-state index in [1.165, 1.54) is 0 Å². The quantitative estimate of drug-likeness (QED) is 0.417. The number of anilines is 3. The van der Waals surface area contributed by atoms with Crippen LogP contribution in [0.4, 0.5) is 17.3 Å². The first kappa shape index (κ1) is 20.4. The van der Waals surface area contributed by atoms with E-state index in [1.807, 2.05) is 36.5 Å². The van der Waals surface area contributed by atoms with Gasteiger partial charge in [0.05, 0.1) is 25.0 Å². The molecule has 31 heavy (non-hydrogen) atoms. The van der Waals surface area contributed by atoms with Gasteiger partial charge in [0.25, 0.3) is 0 Å². The minimum Gasteiger partial charge on any atom is -0.397 e. The zero-order valence-corrected chi connectivity index (χ0v) is 16.8. The van der Waals surface area contributed by atoms with Crippen LogP contribution in [-0.4, -0.2) is 30.3 Å². The predicted molar refractivity (Wildman–Crippen MR) is 114 cm³/mol. The lowest BCUT2D eigenvalue weighted by Crippen LogP contribution is -2.32. The van der Waals surface area contributed by atoms with Crippen molar-refractivity contribution in [2.45, 2.75) is 31.6 Å². The first-order valence-electron chi connectivity index (χ1n) is 9.87. The van der Waals surface area contributed by atoms with Crippen LogP contribution in [0.25, 0.3) is 0 Å². The normalized spacial score (nSPS) is 19.5. The number of hydrogen-bond donors (Lipinski definition) is 4. The fraction of sp³-hybridized carbons (Fsp3) is 0.333. The number of nitrogens with two attached hydrogens (primary N) is 2. The highest BCUT2D eigenvalue weighted by Gasteiger charge is 2.29. The molecular formula is C21H22N8O2. The Morgan fingerprint density at radius 2 is 2.06 bits per heavy atom. The largest absolute Gasteiger partial charge is 0.397 e. The van der Waals surface area contributed by atoms with Crippen molar-refractivity contribution < 1.29 is 9.47 Å². The summed E-state index contributed by atoms with van der Waals surface area (Å²) in [6.07, 6.45) is 4.14. The first-order valence-corrected chi connectivity index (χ1v) is 9.87. The van der Waals surface area contributed by atoms with Gasteiger partial charge in [-0.1, -0.05) is 24.3 Å². The maximum atomic E-state index is 9.41. The van der Waals surface area contributed by atoms with E-state index in [2.05, 4.69) is 20.6 Å². The van der Waals surface area contributed by atoms with Gasteiger partial charge in [-0.05, 0) is 24.0 Å². The van der Waals surface area contributed by atoms with Crippen molar-refractivity contribution in [1.82, 2.24) is 10.3 Å². The predicted octanol–water partition coefficient (Wildman–Crippen LogP) is 1.75. The number of nitrogens with one attached hydrogen (secondary N) is 2. The number of rotatable bonds is 5. The highest BCUT2D eigenvalue weighted by molar-refractivity contribution is 5.98. The summed E-state index contributed by atoms with van der Waals surface area (Å²) in [6.45, 7) is 1.87. The van der Waals surface area contributed by atoms with Crippen molar-refractivity contribution >= 4 is 23.3 Å². The number of fused-ring (bicyclic) bond motifs is 1. The lowest BCUT2D eigenvalue weighted by atomic mass is 9.94. The third kappa shape index (κ3) is 4.21. The minimum atomic E-state index is -0.561. The van der Waals surface area contributed by atoms with Crippen molar-refractivity contribution in [2.24, 2.45) is 4.99 Å². The van der Waals surface area contributed by atoms with Crippen LogP contribution in [0.15, 0.2) is 29.3 Å². The number of aromatic nitrogens is 1. The molecule has 1 saturated heterocycles. The van der Waals surface area contributed by atoms with Gasteiger partial charge in [-0.3, -0.25) is 5.32 Å². The number of hydrogen-bond acceptors (Lipinski definition) is 10. The van der Waals surface area contributed by atoms with Crippen LogP contribution in [0.3, 0.4) is 0 Å². The zero-order valence-electron chi connectivity index (χ0n) is 16.8. The number of benzene rings is 1. The Labute approximate surface area is 179 Å². The third-order valence-electron chi connectivity index (χ3n) is 5.25. The lowest BCUT2D eigenvalue weighted by molar-refractivity contribution is 0.0106. The van der Waals surface area contributed by atoms with E-state index in [9.17, 15) is 5.26 Å². The molecule has 0 spiro atoms. The molecule has 2 atom stereocenters. The minimum absolute atomic E-state index is 0.0157. The molecule has 2 aliphatic heterocycles. The summed E-state index contributed by atoms with van der Waals surface area (Å²) in [7, 11) is 0. The molecule has 0 radical (unpaired) electrons. The van der Waals surface area contributed by atoms with E-state index in [4.69, 9.17) is 26.2 Å². The number of pyridine rings is 1. The number of ether oxygens (including phenoxy) is 2. The summed E-state index contributed by atoms with van der Waals surface area (Å²) < 4.78 is 11.3. The Hall–Kier alpha value is -3.86. The van der Waals surface area contributed by atoms with Crippen molar-refractivity contribution in [2.75, 3.05) is 30.0 Å². The van der Waals surface area contributed by atoms with Gasteiger partial charge in [0.15, 0.2) is 6.19 Å². The fourth-order valence-corrected chi connectivity index (χ4v) is 3.70. The molecule has 10 nitrogen and oxygen atoms in total. The van der Waals surface area contributed by atoms with E-state index in [0.29, 0.717) is 24.6 Å². The second kappa shape index (κ2) is 8.88. The summed E-state index contributed by atoms with van der Waals surface area (Å²) in [5.74, 6) is 0.595. The number of aliphatic imine (C=N–C) groups is 1. The Bertz CT molecular complexity index is 1080. The van der Waals surface area contributed by atoms with Gasteiger partial charge >= 0.3 is 0 Å². The fourth-order valence-electron chi connectivity index (χ4n) is 3.70. The monoisotopic (exact) mass is 418 g/mol. The van der Waals surface area contributed by atoms with Gasteiger partial charge in [-0.15, -0.1) is 0 Å². The Morgan fingerprint density at radius 3 is 2.74 bits per heavy atom. The Kier molecular flexibility index (Phi) is 5.85. The molecule has 1 aromatic carbocycles. The van der Waals surface area contributed by atoms with Crippen LogP contribution in [0, 0.1) is 22.8 Å². The number of nitrogen functional groups attached to an aromatic ring is 2. The van der Waals surface area contributed by atoms with Gasteiger partial charge < -0.3 is 26.3 Å². The van der Waals surface area contributed by atoms with Gasteiger partial charge in [0, 0.05) is 12.2 Å². The first-order chi connectivity index (χ1) is 15.1. The van der Waals surface area contributed by atoms with Crippen LogP contribution in [0.5, 0.6) is 0 Å². The number of nitriles is 2. The van der Waals surface area contributed by atoms with Crippen LogP contribution < -0.4 is 22.1 Å². The van der Waals surface area contributed by atoms with Crippen LogP contribution in [-0.2, 0) is 16.1 Å². The standard InChI is InChI=1S/C21H22N8O2/c22-8-15-17(24)16-18(27-21(26-11-23)29-20(16)28-19(15)25)13-5-3-12(4-6-13)9-30-10-14-2-1-7-31-14/h3-6,14,18H,1-2,7,9-10H2,(H6,24,25,26,27,28,29). The van der Waals surface area contributed by atoms with Crippen molar-refractivity contribution in [3.63, 3.8) is 0 Å². The summed E-state index contributed by atoms with van der Waals surface area (Å²) >= 11 is 0. The molecule has 0 bridgehead atoms. The maximum absolute atomic E-state index is 9.41. The van der Waals surface area contributed by atoms with Crippen molar-refractivity contribution in [3.05, 3.63) is 46.5 Å². The molecule has 6 N–H and O–H groups in total. The van der Waals surface area contributed by atoms with Gasteiger partial charge in [-0.25, -0.2) is 9.98 Å². The topological polar surface area (TPSA) is 167 Å². The SMILES string of the molecule is N#CNC1=NC(c2ccc(COCC3CCCO3)cc2)c2c(nc(N)c(C#N)c2N)N1. The molecule has 1 aromatic heterocycles. The van der Waals surface area contributed by atoms with E-state index in [1.54, 1.807) is 0 Å². The molecule has 10 heteroatoms. The van der Waals surface area contributed by atoms with Crippen molar-refractivity contribution in [3.8, 4) is 12.3 Å². The Balaban J connectivity index is 1.59. The summed E-state index contributed by atoms with van der Waals surface area (Å²) in [6, 6.07) is 9.17. The molecule has 158 valence electrons. The molecule has 3 heterocycles. The summed E-state index contributed by atoms with van der Waals surface area (Å²) in [5.41, 5.74) is 14.8. The average molecular weight is 418 g/mol. The van der Waals surface area contributed by atoms with Gasteiger partial charge in [-0.2, -0.15) is 10.5 Å². The second-order valence-corrected chi connectivity index (χ2v) is 7.29. The maximum Gasteiger partial charge on any atom is 0.211 e.